The second-order valence-electron chi connectivity index (χ2n) is 8.01. The normalized spacial score (nSPS) is 18.1. The van der Waals surface area contributed by atoms with Crippen LogP contribution in [-0.2, 0) is 4.74 Å². The Morgan fingerprint density at radius 2 is 1.79 bits per heavy atom. The van der Waals surface area contributed by atoms with Gasteiger partial charge in [0.05, 0.1) is 18.9 Å². The number of para-hydroxylation sites is 1. The third-order valence-electron chi connectivity index (χ3n) is 5.84. The Balaban J connectivity index is 1.32. The molecule has 0 bridgehead atoms. The molecule has 2 fully saturated rings. The third kappa shape index (κ3) is 3.36. The molecule has 5 rings (SSSR count). The maximum absolute atomic E-state index is 5.45. The van der Waals surface area contributed by atoms with Gasteiger partial charge in [-0.05, 0) is 55.7 Å². The lowest BCUT2D eigenvalue weighted by molar-refractivity contribution is -0.124. The quantitative estimate of drug-likeness (QED) is 0.749. The summed E-state index contributed by atoms with van der Waals surface area (Å²) in [6.07, 6.45) is 4.17. The number of hydrogen-bond acceptors (Lipinski definition) is 5. The average Bonchev–Trinajstić information content (AvgIpc) is 3.15. The zero-order chi connectivity index (χ0) is 19.0. The van der Waals surface area contributed by atoms with Crippen molar-refractivity contribution in [2.24, 2.45) is 5.41 Å². The molecule has 1 aromatic heterocycles. The summed E-state index contributed by atoms with van der Waals surface area (Å²) in [6, 6.07) is 16.6. The number of ether oxygens (including phenoxy) is 1. The molecule has 1 N–H and O–H groups in total. The summed E-state index contributed by atoms with van der Waals surface area (Å²) >= 11 is 0. The van der Waals surface area contributed by atoms with Crippen LogP contribution in [-0.4, -0.2) is 41.1 Å². The molecule has 6 heteroatoms. The summed E-state index contributed by atoms with van der Waals surface area (Å²) < 4.78 is 7.23. The number of benzene rings is 2. The van der Waals surface area contributed by atoms with Gasteiger partial charge in [-0.3, -0.25) is 0 Å². The first-order valence-electron chi connectivity index (χ1n) is 9.88. The first-order valence-corrected chi connectivity index (χ1v) is 9.88. The van der Waals surface area contributed by atoms with Crippen LogP contribution in [0, 0.1) is 12.3 Å². The summed E-state index contributed by atoms with van der Waals surface area (Å²) in [5.74, 6) is 0.601. The zero-order valence-corrected chi connectivity index (χ0v) is 16.1. The zero-order valence-electron chi connectivity index (χ0n) is 16.1. The van der Waals surface area contributed by atoms with Crippen molar-refractivity contribution >= 4 is 17.3 Å². The van der Waals surface area contributed by atoms with E-state index in [1.54, 1.807) is 11.0 Å². The molecule has 0 unspecified atom stereocenters. The van der Waals surface area contributed by atoms with Gasteiger partial charge in [0.25, 0.3) is 0 Å². The summed E-state index contributed by atoms with van der Waals surface area (Å²) in [7, 11) is 0. The number of rotatable bonds is 4. The van der Waals surface area contributed by atoms with Gasteiger partial charge in [0.2, 0.25) is 5.95 Å². The van der Waals surface area contributed by atoms with Crippen LogP contribution in [0.25, 0.3) is 5.69 Å². The molecule has 0 saturated carbocycles. The Kier molecular flexibility index (Phi) is 4.28. The van der Waals surface area contributed by atoms with E-state index >= 15 is 0 Å². The molecular formula is C22H25N5O. The van der Waals surface area contributed by atoms with Gasteiger partial charge in [-0.25, -0.2) is 4.68 Å². The highest BCUT2D eigenvalue weighted by molar-refractivity contribution is 5.64. The summed E-state index contributed by atoms with van der Waals surface area (Å²) in [4.78, 5) is 6.89. The molecule has 2 aromatic carbocycles. The smallest absolute Gasteiger partial charge is 0.246 e. The number of aryl methyl sites for hydroxylation is 1. The van der Waals surface area contributed by atoms with Gasteiger partial charge in [-0.1, -0.05) is 18.2 Å². The average molecular weight is 375 g/mol. The minimum atomic E-state index is 0.454. The molecule has 144 valence electrons. The summed E-state index contributed by atoms with van der Waals surface area (Å²) in [6.45, 7) is 6.20. The van der Waals surface area contributed by atoms with E-state index in [2.05, 4.69) is 45.4 Å². The SMILES string of the molecule is Cc1cc(Nc2ncn(-c3ccccc3)n2)cc(N2CCC3(CC2)COC3)c1. The molecule has 1 spiro atoms. The van der Waals surface area contributed by atoms with Crippen molar-refractivity contribution in [3.63, 3.8) is 0 Å². The lowest BCUT2D eigenvalue weighted by Crippen LogP contribution is -2.50. The van der Waals surface area contributed by atoms with Crippen LogP contribution >= 0.6 is 0 Å². The molecule has 28 heavy (non-hydrogen) atoms. The van der Waals surface area contributed by atoms with Crippen molar-refractivity contribution in [1.29, 1.82) is 0 Å². The number of aromatic nitrogens is 3. The van der Waals surface area contributed by atoms with E-state index in [1.165, 1.54) is 24.1 Å². The minimum absolute atomic E-state index is 0.454. The molecule has 0 radical (unpaired) electrons. The molecule has 2 aliphatic heterocycles. The van der Waals surface area contributed by atoms with E-state index in [4.69, 9.17) is 4.74 Å². The van der Waals surface area contributed by atoms with Gasteiger partial charge in [0, 0.05) is 29.9 Å². The van der Waals surface area contributed by atoms with E-state index in [1.807, 2.05) is 30.3 Å². The summed E-state index contributed by atoms with van der Waals surface area (Å²) in [5.41, 5.74) is 4.97. The molecule has 3 aromatic rings. The number of nitrogens with zero attached hydrogens (tertiary/aromatic N) is 4. The van der Waals surface area contributed by atoms with E-state index in [-0.39, 0.29) is 0 Å². The van der Waals surface area contributed by atoms with E-state index in [9.17, 15) is 0 Å². The third-order valence-corrected chi connectivity index (χ3v) is 5.84. The number of piperidine rings is 1. The van der Waals surface area contributed by atoms with Crippen LogP contribution < -0.4 is 10.2 Å². The van der Waals surface area contributed by atoms with Gasteiger partial charge in [-0.2, -0.15) is 4.98 Å². The fourth-order valence-electron chi connectivity index (χ4n) is 4.09. The van der Waals surface area contributed by atoms with Crippen LogP contribution in [0.2, 0.25) is 0 Å². The Labute approximate surface area is 165 Å². The largest absolute Gasteiger partial charge is 0.380 e. The summed E-state index contributed by atoms with van der Waals surface area (Å²) in [5, 5.41) is 7.92. The molecule has 6 nitrogen and oxygen atoms in total. The monoisotopic (exact) mass is 375 g/mol. The van der Waals surface area contributed by atoms with Crippen molar-refractivity contribution in [1.82, 2.24) is 14.8 Å². The van der Waals surface area contributed by atoms with Crippen LogP contribution in [0.1, 0.15) is 18.4 Å². The van der Waals surface area contributed by atoms with Gasteiger partial charge < -0.3 is 15.0 Å². The van der Waals surface area contributed by atoms with Gasteiger partial charge in [0.1, 0.15) is 6.33 Å². The van der Waals surface area contributed by atoms with Crippen molar-refractivity contribution < 1.29 is 4.74 Å². The Hall–Kier alpha value is -2.86. The maximum atomic E-state index is 5.45. The van der Waals surface area contributed by atoms with E-state index in [0.717, 1.165) is 37.7 Å². The van der Waals surface area contributed by atoms with Crippen molar-refractivity contribution in [2.75, 3.05) is 36.5 Å². The van der Waals surface area contributed by atoms with Crippen LogP contribution in [0.5, 0.6) is 0 Å². The molecule has 2 saturated heterocycles. The second-order valence-corrected chi connectivity index (χ2v) is 8.01. The highest BCUT2D eigenvalue weighted by atomic mass is 16.5. The fraction of sp³-hybridized carbons (Fsp3) is 0.364. The number of hydrogen-bond donors (Lipinski definition) is 1. The standard InChI is InChI=1S/C22H25N5O/c1-17-11-18(24-21-23-16-27(25-21)19-5-3-2-4-6-19)13-20(12-17)26-9-7-22(8-10-26)14-28-15-22/h2-6,11-13,16H,7-10,14-15H2,1H3,(H,24,25). The molecule has 3 heterocycles. The van der Waals surface area contributed by atoms with Gasteiger partial charge in [-0.15, -0.1) is 5.10 Å². The molecule has 2 aliphatic rings. The number of nitrogens with one attached hydrogen (secondary N) is 1. The van der Waals surface area contributed by atoms with Crippen molar-refractivity contribution in [2.45, 2.75) is 19.8 Å². The highest BCUT2D eigenvalue weighted by Gasteiger charge is 2.41. The van der Waals surface area contributed by atoms with Crippen LogP contribution in [0.3, 0.4) is 0 Å². The van der Waals surface area contributed by atoms with Crippen LogP contribution in [0.15, 0.2) is 54.9 Å². The van der Waals surface area contributed by atoms with Crippen LogP contribution in [0.4, 0.5) is 17.3 Å². The topological polar surface area (TPSA) is 55.2 Å². The number of anilines is 3. The predicted octanol–water partition coefficient (Wildman–Crippen LogP) is 3.94. The Morgan fingerprint density at radius 1 is 1.00 bits per heavy atom. The Bertz CT molecular complexity index is 954. The first kappa shape index (κ1) is 17.3. The predicted molar refractivity (Wildman–Crippen MR) is 111 cm³/mol. The molecule has 0 aliphatic carbocycles. The van der Waals surface area contributed by atoms with E-state index < -0.39 is 0 Å². The maximum Gasteiger partial charge on any atom is 0.246 e. The fourth-order valence-corrected chi connectivity index (χ4v) is 4.09. The highest BCUT2D eigenvalue weighted by Crippen LogP contribution is 2.40. The first-order chi connectivity index (χ1) is 13.7. The minimum Gasteiger partial charge on any atom is -0.380 e. The second kappa shape index (κ2) is 6.95. The van der Waals surface area contributed by atoms with Gasteiger partial charge in [0.15, 0.2) is 0 Å². The lowest BCUT2D eigenvalue weighted by Gasteiger charge is -2.47. The molecule has 0 atom stereocenters. The molecular weight excluding hydrogens is 350 g/mol. The molecule has 0 amide bonds. The Morgan fingerprint density at radius 3 is 2.50 bits per heavy atom. The van der Waals surface area contributed by atoms with Crippen molar-refractivity contribution in [3.8, 4) is 5.69 Å². The van der Waals surface area contributed by atoms with E-state index in [0.29, 0.717) is 11.4 Å². The van der Waals surface area contributed by atoms with Crippen molar-refractivity contribution in [3.05, 3.63) is 60.4 Å². The lowest BCUT2D eigenvalue weighted by atomic mass is 9.77. The van der Waals surface area contributed by atoms with Gasteiger partial charge >= 0.3 is 0 Å².